The maximum Gasteiger partial charge on any atom is 0.247 e. The molecule has 0 bridgehead atoms. The summed E-state index contributed by atoms with van der Waals surface area (Å²) in [4.78, 5) is 0. The number of benzene rings is 2. The number of rotatable bonds is 5. The maximum absolute atomic E-state index is 5.84. The first-order chi connectivity index (χ1) is 10.3. The Balaban J connectivity index is 1.57. The molecule has 1 aromatic heterocycles. The van der Waals surface area contributed by atoms with E-state index in [1.54, 1.807) is 0 Å². The molecule has 3 aromatic rings. The number of nitrogens with one attached hydrogen (secondary N) is 1. The summed E-state index contributed by atoms with van der Waals surface area (Å²) in [6, 6.07) is 17.3. The van der Waals surface area contributed by atoms with Crippen LogP contribution in [0.5, 0.6) is 0 Å². The molecule has 0 amide bonds. The van der Waals surface area contributed by atoms with Crippen LogP contribution >= 0.6 is 11.6 Å². The summed E-state index contributed by atoms with van der Waals surface area (Å²) in [5.41, 5.74) is 1.95. The second-order valence-electron chi connectivity index (χ2n) is 4.55. The van der Waals surface area contributed by atoms with Crippen LogP contribution in [-0.4, -0.2) is 16.7 Å². The zero-order valence-electron chi connectivity index (χ0n) is 11.3. The molecule has 106 valence electrons. The van der Waals surface area contributed by atoms with E-state index in [-0.39, 0.29) is 0 Å². The quantitative estimate of drug-likeness (QED) is 0.772. The van der Waals surface area contributed by atoms with Gasteiger partial charge in [0.05, 0.1) is 0 Å². The van der Waals surface area contributed by atoms with Crippen molar-refractivity contribution in [3.05, 3.63) is 65.5 Å². The average molecular weight is 300 g/mol. The minimum Gasteiger partial charge on any atom is -0.421 e. The summed E-state index contributed by atoms with van der Waals surface area (Å²) in [5.74, 6) is 1.17. The normalized spacial score (nSPS) is 10.5. The lowest BCUT2D eigenvalue weighted by molar-refractivity contribution is 0.509. The second-order valence-corrected chi connectivity index (χ2v) is 4.99. The molecule has 0 aliphatic heterocycles. The number of halogens is 1. The lowest BCUT2D eigenvalue weighted by Crippen LogP contribution is -2.04. The molecule has 21 heavy (non-hydrogen) atoms. The lowest BCUT2D eigenvalue weighted by Gasteiger charge is -2.04. The molecule has 0 fully saturated rings. The van der Waals surface area contributed by atoms with Crippen molar-refractivity contribution < 1.29 is 4.42 Å². The van der Waals surface area contributed by atoms with E-state index in [4.69, 9.17) is 16.0 Å². The zero-order chi connectivity index (χ0) is 14.5. The fourth-order valence-corrected chi connectivity index (χ4v) is 2.06. The summed E-state index contributed by atoms with van der Waals surface area (Å²) in [5, 5.41) is 12.1. The Kier molecular flexibility index (Phi) is 4.17. The Morgan fingerprint density at radius 3 is 2.48 bits per heavy atom. The van der Waals surface area contributed by atoms with Gasteiger partial charge < -0.3 is 9.73 Å². The number of anilines is 1. The average Bonchev–Trinajstić information content (AvgIpc) is 2.99. The van der Waals surface area contributed by atoms with Crippen LogP contribution in [0.4, 0.5) is 5.69 Å². The van der Waals surface area contributed by atoms with E-state index in [1.807, 2.05) is 54.6 Å². The fourth-order valence-electron chi connectivity index (χ4n) is 1.93. The molecular formula is C16H14ClN3O. The number of nitrogens with zero attached hydrogens (tertiary/aromatic N) is 2. The molecule has 0 aliphatic rings. The van der Waals surface area contributed by atoms with E-state index < -0.39 is 0 Å². The SMILES string of the molecule is Clc1ccc(NCCc2nnc(-c3ccccc3)o2)cc1. The standard InChI is InChI=1S/C16H14ClN3O/c17-13-6-8-14(9-7-13)18-11-10-15-19-20-16(21-15)12-4-2-1-3-5-12/h1-9,18H,10-11H2. The predicted octanol–water partition coefficient (Wildman–Crippen LogP) is 4.04. The first kappa shape index (κ1) is 13.6. The van der Waals surface area contributed by atoms with E-state index in [0.29, 0.717) is 18.2 Å². The van der Waals surface area contributed by atoms with Crippen LogP contribution in [-0.2, 0) is 6.42 Å². The van der Waals surface area contributed by atoms with Gasteiger partial charge in [-0.15, -0.1) is 10.2 Å². The van der Waals surface area contributed by atoms with Gasteiger partial charge in [-0.3, -0.25) is 0 Å². The summed E-state index contributed by atoms with van der Waals surface area (Å²) in [6.45, 7) is 0.720. The van der Waals surface area contributed by atoms with Crippen molar-refractivity contribution in [3.8, 4) is 11.5 Å². The topological polar surface area (TPSA) is 51.0 Å². The smallest absolute Gasteiger partial charge is 0.247 e. The fraction of sp³-hybridized carbons (Fsp3) is 0.125. The van der Waals surface area contributed by atoms with Crippen LogP contribution in [0.3, 0.4) is 0 Å². The highest BCUT2D eigenvalue weighted by Crippen LogP contribution is 2.17. The molecule has 0 aliphatic carbocycles. The Labute approximate surface area is 127 Å². The highest BCUT2D eigenvalue weighted by Gasteiger charge is 2.07. The van der Waals surface area contributed by atoms with Crippen LogP contribution in [0.25, 0.3) is 11.5 Å². The first-order valence-electron chi connectivity index (χ1n) is 6.68. The number of aromatic nitrogens is 2. The van der Waals surface area contributed by atoms with Gasteiger partial charge in [-0.05, 0) is 36.4 Å². The number of hydrogen-bond donors (Lipinski definition) is 1. The third-order valence-electron chi connectivity index (χ3n) is 3.00. The third-order valence-corrected chi connectivity index (χ3v) is 3.25. The third kappa shape index (κ3) is 3.61. The van der Waals surface area contributed by atoms with Crippen LogP contribution in [0.1, 0.15) is 5.89 Å². The predicted molar refractivity (Wildman–Crippen MR) is 83.4 cm³/mol. The van der Waals surface area contributed by atoms with Gasteiger partial charge >= 0.3 is 0 Å². The van der Waals surface area contributed by atoms with Crippen molar-refractivity contribution >= 4 is 17.3 Å². The lowest BCUT2D eigenvalue weighted by atomic mass is 10.2. The molecule has 5 heteroatoms. The van der Waals surface area contributed by atoms with Crippen molar-refractivity contribution in [2.24, 2.45) is 0 Å². The Bertz CT molecular complexity index is 695. The molecule has 4 nitrogen and oxygen atoms in total. The van der Waals surface area contributed by atoms with Gasteiger partial charge in [0.1, 0.15) is 0 Å². The minimum atomic E-state index is 0.553. The highest BCUT2D eigenvalue weighted by molar-refractivity contribution is 6.30. The molecule has 0 spiro atoms. The Morgan fingerprint density at radius 1 is 0.952 bits per heavy atom. The van der Waals surface area contributed by atoms with Gasteiger partial charge in [-0.2, -0.15) is 0 Å². The van der Waals surface area contributed by atoms with E-state index in [2.05, 4.69) is 15.5 Å². The van der Waals surface area contributed by atoms with Crippen LogP contribution in [0.15, 0.2) is 59.0 Å². The molecule has 0 radical (unpaired) electrons. The zero-order valence-corrected chi connectivity index (χ0v) is 12.0. The highest BCUT2D eigenvalue weighted by atomic mass is 35.5. The molecule has 0 atom stereocenters. The van der Waals surface area contributed by atoms with Crippen molar-refractivity contribution in [3.63, 3.8) is 0 Å². The van der Waals surface area contributed by atoms with Crippen molar-refractivity contribution in [2.75, 3.05) is 11.9 Å². The minimum absolute atomic E-state index is 0.553. The van der Waals surface area contributed by atoms with Gasteiger partial charge in [0.25, 0.3) is 0 Å². The first-order valence-corrected chi connectivity index (χ1v) is 7.06. The van der Waals surface area contributed by atoms with Crippen molar-refractivity contribution in [1.29, 1.82) is 0 Å². The van der Waals surface area contributed by atoms with Gasteiger partial charge in [0.2, 0.25) is 11.8 Å². The molecule has 0 unspecified atom stereocenters. The van der Waals surface area contributed by atoms with Gasteiger partial charge in [0.15, 0.2) is 0 Å². The van der Waals surface area contributed by atoms with Crippen LogP contribution in [0, 0.1) is 0 Å². The monoisotopic (exact) mass is 299 g/mol. The summed E-state index contributed by atoms with van der Waals surface area (Å²) < 4.78 is 5.64. The van der Waals surface area contributed by atoms with Crippen LogP contribution in [0.2, 0.25) is 5.02 Å². The Morgan fingerprint density at radius 2 is 1.71 bits per heavy atom. The molecule has 1 heterocycles. The van der Waals surface area contributed by atoms with Crippen molar-refractivity contribution in [1.82, 2.24) is 10.2 Å². The van der Waals surface area contributed by atoms with E-state index in [0.717, 1.165) is 22.8 Å². The molecule has 1 N–H and O–H groups in total. The van der Waals surface area contributed by atoms with Gasteiger partial charge in [-0.1, -0.05) is 29.8 Å². The number of hydrogen-bond acceptors (Lipinski definition) is 4. The molecule has 0 saturated heterocycles. The van der Waals surface area contributed by atoms with Gasteiger partial charge in [-0.25, -0.2) is 0 Å². The molecule has 0 saturated carbocycles. The second kappa shape index (κ2) is 6.41. The largest absolute Gasteiger partial charge is 0.421 e. The molecule has 2 aromatic carbocycles. The molecular weight excluding hydrogens is 286 g/mol. The summed E-state index contributed by atoms with van der Waals surface area (Å²) >= 11 is 5.84. The Hall–Kier alpha value is -2.33. The van der Waals surface area contributed by atoms with Gasteiger partial charge in [0, 0.05) is 29.2 Å². The van der Waals surface area contributed by atoms with E-state index in [9.17, 15) is 0 Å². The van der Waals surface area contributed by atoms with E-state index >= 15 is 0 Å². The summed E-state index contributed by atoms with van der Waals surface area (Å²) in [7, 11) is 0. The van der Waals surface area contributed by atoms with Crippen LogP contribution < -0.4 is 5.32 Å². The molecule has 3 rings (SSSR count). The van der Waals surface area contributed by atoms with E-state index in [1.165, 1.54) is 0 Å². The summed E-state index contributed by atoms with van der Waals surface area (Å²) in [6.07, 6.45) is 0.669. The van der Waals surface area contributed by atoms with Crippen molar-refractivity contribution in [2.45, 2.75) is 6.42 Å². The maximum atomic E-state index is 5.84.